The molecule has 0 unspecified atom stereocenters. The molecule has 0 N–H and O–H groups in total. The summed E-state index contributed by atoms with van der Waals surface area (Å²) in [6.45, 7) is 4.57. The van der Waals surface area contributed by atoms with Crippen LogP contribution in [0.3, 0.4) is 0 Å². The first-order valence-corrected chi connectivity index (χ1v) is 10.9. The zero-order valence-electron chi connectivity index (χ0n) is 17.0. The summed E-state index contributed by atoms with van der Waals surface area (Å²) in [4.78, 5) is 23.0. The summed E-state index contributed by atoms with van der Waals surface area (Å²) in [5.74, 6) is 0.377. The first-order valence-electron chi connectivity index (χ1n) is 10.9. The number of rotatable bonds is 19. The third-order valence-electron chi connectivity index (χ3n) is 4.70. The summed E-state index contributed by atoms with van der Waals surface area (Å²) >= 11 is 0. The molecule has 0 aromatic heterocycles. The minimum absolute atomic E-state index is 0.0749. The van der Waals surface area contributed by atoms with E-state index in [9.17, 15) is 9.59 Å². The summed E-state index contributed by atoms with van der Waals surface area (Å²) in [7, 11) is 0. The van der Waals surface area contributed by atoms with Crippen LogP contribution in [0, 0.1) is 0 Å². The predicted molar refractivity (Wildman–Crippen MR) is 106 cm³/mol. The SMILES string of the molecule is CCCCCCCCCCC(=O)CCCCCCCCC(=O)OCC. The number of carbonyl (C=O) groups is 2. The first kappa shape index (κ1) is 24.1. The third kappa shape index (κ3) is 19.3. The van der Waals surface area contributed by atoms with E-state index in [0.29, 0.717) is 18.8 Å². The van der Waals surface area contributed by atoms with Gasteiger partial charge in [0.2, 0.25) is 0 Å². The summed E-state index contributed by atoms with van der Waals surface area (Å²) in [5.41, 5.74) is 0. The Bertz CT molecular complexity index is 312. The van der Waals surface area contributed by atoms with Crippen LogP contribution < -0.4 is 0 Å². The van der Waals surface area contributed by atoms with Gasteiger partial charge in [-0.15, -0.1) is 0 Å². The molecule has 0 heterocycles. The molecule has 0 amide bonds. The van der Waals surface area contributed by atoms with Gasteiger partial charge in [0, 0.05) is 19.3 Å². The van der Waals surface area contributed by atoms with E-state index in [0.717, 1.165) is 51.4 Å². The summed E-state index contributed by atoms with van der Waals surface area (Å²) in [6.07, 6.45) is 19.0. The Morgan fingerprint density at radius 2 is 0.960 bits per heavy atom. The van der Waals surface area contributed by atoms with Gasteiger partial charge in [0.1, 0.15) is 5.78 Å². The van der Waals surface area contributed by atoms with Gasteiger partial charge in [0.15, 0.2) is 0 Å². The maximum absolute atomic E-state index is 11.8. The van der Waals surface area contributed by atoms with Crippen molar-refractivity contribution in [3.63, 3.8) is 0 Å². The lowest BCUT2D eigenvalue weighted by atomic mass is 10.0. The summed E-state index contributed by atoms with van der Waals surface area (Å²) in [6, 6.07) is 0. The Labute approximate surface area is 156 Å². The van der Waals surface area contributed by atoms with Crippen molar-refractivity contribution in [2.24, 2.45) is 0 Å². The molecule has 0 saturated carbocycles. The fourth-order valence-corrected chi connectivity index (χ4v) is 3.11. The van der Waals surface area contributed by atoms with E-state index in [2.05, 4.69) is 6.92 Å². The lowest BCUT2D eigenvalue weighted by molar-refractivity contribution is -0.143. The fourth-order valence-electron chi connectivity index (χ4n) is 3.11. The van der Waals surface area contributed by atoms with Crippen LogP contribution in [0.5, 0.6) is 0 Å². The Hall–Kier alpha value is -0.860. The predicted octanol–water partition coefficient (Wildman–Crippen LogP) is 6.77. The molecular formula is C22H42O3. The van der Waals surface area contributed by atoms with Crippen molar-refractivity contribution in [2.75, 3.05) is 6.61 Å². The fraction of sp³-hybridized carbons (Fsp3) is 0.909. The highest BCUT2D eigenvalue weighted by Crippen LogP contribution is 2.13. The smallest absolute Gasteiger partial charge is 0.305 e. The molecule has 0 rings (SSSR count). The molecule has 0 aromatic rings. The zero-order chi connectivity index (χ0) is 18.6. The van der Waals surface area contributed by atoms with Crippen molar-refractivity contribution < 1.29 is 14.3 Å². The van der Waals surface area contributed by atoms with Crippen molar-refractivity contribution in [3.05, 3.63) is 0 Å². The highest BCUT2D eigenvalue weighted by atomic mass is 16.5. The maximum Gasteiger partial charge on any atom is 0.305 e. The second-order valence-electron chi connectivity index (χ2n) is 7.19. The van der Waals surface area contributed by atoms with Crippen LogP contribution >= 0.6 is 0 Å². The Balaban J connectivity index is 3.21. The van der Waals surface area contributed by atoms with E-state index in [1.807, 2.05) is 6.92 Å². The van der Waals surface area contributed by atoms with Gasteiger partial charge in [-0.3, -0.25) is 9.59 Å². The van der Waals surface area contributed by atoms with Crippen molar-refractivity contribution >= 4 is 11.8 Å². The van der Waals surface area contributed by atoms with Crippen LogP contribution in [-0.2, 0) is 14.3 Å². The number of Topliss-reactive ketones (excluding diaryl/α,β-unsaturated/α-hetero) is 1. The molecule has 0 saturated heterocycles. The second-order valence-corrected chi connectivity index (χ2v) is 7.19. The lowest BCUT2D eigenvalue weighted by Crippen LogP contribution is -2.03. The average molecular weight is 355 g/mol. The molecule has 0 aliphatic heterocycles. The number of ether oxygens (including phenoxy) is 1. The molecule has 0 fully saturated rings. The molecule has 25 heavy (non-hydrogen) atoms. The van der Waals surface area contributed by atoms with Gasteiger partial charge in [0.05, 0.1) is 6.61 Å². The average Bonchev–Trinajstić information content (AvgIpc) is 2.59. The van der Waals surface area contributed by atoms with Crippen LogP contribution in [0.4, 0.5) is 0 Å². The second kappa shape index (κ2) is 19.5. The van der Waals surface area contributed by atoms with E-state index in [-0.39, 0.29) is 5.97 Å². The van der Waals surface area contributed by atoms with Gasteiger partial charge in [0.25, 0.3) is 0 Å². The molecule has 0 bridgehead atoms. The van der Waals surface area contributed by atoms with Crippen molar-refractivity contribution in [2.45, 2.75) is 123 Å². The zero-order valence-corrected chi connectivity index (χ0v) is 17.0. The molecule has 0 aromatic carbocycles. The number of carbonyl (C=O) groups excluding carboxylic acids is 2. The van der Waals surface area contributed by atoms with Gasteiger partial charge >= 0.3 is 5.97 Å². The van der Waals surface area contributed by atoms with Gasteiger partial charge in [-0.1, -0.05) is 77.6 Å². The number of unbranched alkanes of at least 4 members (excludes halogenated alkanes) is 12. The molecule has 3 nitrogen and oxygen atoms in total. The summed E-state index contributed by atoms with van der Waals surface area (Å²) in [5, 5.41) is 0. The number of hydrogen-bond acceptors (Lipinski definition) is 3. The molecule has 148 valence electrons. The van der Waals surface area contributed by atoms with Gasteiger partial charge in [-0.25, -0.2) is 0 Å². The Morgan fingerprint density at radius 1 is 0.560 bits per heavy atom. The van der Waals surface area contributed by atoms with Crippen LogP contribution in [-0.4, -0.2) is 18.4 Å². The van der Waals surface area contributed by atoms with E-state index in [1.165, 1.54) is 51.4 Å². The van der Waals surface area contributed by atoms with Gasteiger partial charge in [-0.2, -0.15) is 0 Å². The van der Waals surface area contributed by atoms with E-state index < -0.39 is 0 Å². The molecule has 0 radical (unpaired) electrons. The van der Waals surface area contributed by atoms with Gasteiger partial charge < -0.3 is 4.74 Å². The molecule has 0 spiro atoms. The highest BCUT2D eigenvalue weighted by Gasteiger charge is 2.03. The largest absolute Gasteiger partial charge is 0.466 e. The number of ketones is 1. The van der Waals surface area contributed by atoms with Crippen molar-refractivity contribution in [3.8, 4) is 0 Å². The van der Waals surface area contributed by atoms with E-state index in [1.54, 1.807) is 0 Å². The normalized spacial score (nSPS) is 10.8. The molecule has 3 heteroatoms. The van der Waals surface area contributed by atoms with Crippen molar-refractivity contribution in [1.29, 1.82) is 0 Å². The number of hydrogen-bond donors (Lipinski definition) is 0. The minimum atomic E-state index is -0.0749. The van der Waals surface area contributed by atoms with Crippen LogP contribution in [0.1, 0.15) is 123 Å². The standard InChI is InChI=1S/C22H42O3/c1-3-5-6-7-8-9-12-15-18-21(23)19-16-13-10-11-14-17-20-22(24)25-4-2/h3-20H2,1-2H3. The highest BCUT2D eigenvalue weighted by molar-refractivity contribution is 5.78. The van der Waals surface area contributed by atoms with Crippen LogP contribution in [0.25, 0.3) is 0 Å². The van der Waals surface area contributed by atoms with Crippen molar-refractivity contribution in [1.82, 2.24) is 0 Å². The quantitative estimate of drug-likeness (QED) is 0.190. The third-order valence-corrected chi connectivity index (χ3v) is 4.70. The van der Waals surface area contributed by atoms with Gasteiger partial charge in [-0.05, 0) is 26.2 Å². The molecular weight excluding hydrogens is 312 g/mol. The Kier molecular flexibility index (Phi) is 18.8. The minimum Gasteiger partial charge on any atom is -0.466 e. The molecule has 0 atom stereocenters. The Morgan fingerprint density at radius 3 is 1.40 bits per heavy atom. The van der Waals surface area contributed by atoms with Crippen LogP contribution in [0.2, 0.25) is 0 Å². The number of esters is 1. The van der Waals surface area contributed by atoms with E-state index >= 15 is 0 Å². The monoisotopic (exact) mass is 354 g/mol. The maximum atomic E-state index is 11.8. The molecule has 0 aliphatic carbocycles. The molecule has 0 aliphatic rings. The van der Waals surface area contributed by atoms with Crippen LogP contribution in [0.15, 0.2) is 0 Å². The first-order chi connectivity index (χ1) is 12.2. The summed E-state index contributed by atoms with van der Waals surface area (Å²) < 4.78 is 4.91. The topological polar surface area (TPSA) is 43.4 Å². The van der Waals surface area contributed by atoms with E-state index in [4.69, 9.17) is 4.74 Å². The lowest BCUT2D eigenvalue weighted by Gasteiger charge is -2.04.